The molecule has 0 aliphatic heterocycles. The second kappa shape index (κ2) is 7.14. The molecule has 0 radical (unpaired) electrons. The van der Waals surface area contributed by atoms with Crippen molar-refractivity contribution in [2.24, 2.45) is 0 Å². The zero-order valence-electron chi connectivity index (χ0n) is 11.9. The first-order valence-corrected chi connectivity index (χ1v) is 8.33. The van der Waals surface area contributed by atoms with Crippen LogP contribution < -0.4 is 5.32 Å². The predicted octanol–water partition coefficient (Wildman–Crippen LogP) is 4.53. The molecule has 1 N–H and O–H groups in total. The molecule has 1 amide bonds. The minimum Gasteiger partial charge on any atom is -0.356 e. The molecule has 6 heteroatoms. The van der Waals surface area contributed by atoms with Gasteiger partial charge in [-0.25, -0.2) is 0 Å². The van der Waals surface area contributed by atoms with E-state index in [4.69, 9.17) is 16.1 Å². The number of carbonyl (C=O) groups is 1. The summed E-state index contributed by atoms with van der Waals surface area (Å²) in [5, 5.41) is 7.49. The summed E-state index contributed by atoms with van der Waals surface area (Å²) in [4.78, 5) is 12.2. The number of nitrogens with one attached hydrogen (secondary N) is 1. The first-order chi connectivity index (χ1) is 11.1. The molecule has 0 atom stereocenters. The molecule has 0 saturated heterocycles. The summed E-state index contributed by atoms with van der Waals surface area (Å²) in [7, 11) is 0. The highest BCUT2D eigenvalue weighted by molar-refractivity contribution is 14.1. The fourth-order valence-corrected chi connectivity index (χ4v) is 2.82. The Kier molecular flexibility index (Phi) is 4.97. The summed E-state index contributed by atoms with van der Waals surface area (Å²) in [6.45, 7) is 0.306. The lowest BCUT2D eigenvalue weighted by atomic mass is 10.1. The third-order valence-electron chi connectivity index (χ3n) is 3.24. The maximum atomic E-state index is 12.2. The Bertz CT molecular complexity index is 831. The molecule has 0 bridgehead atoms. The smallest absolute Gasteiger partial charge is 0.252 e. The van der Waals surface area contributed by atoms with E-state index >= 15 is 0 Å². The van der Waals surface area contributed by atoms with E-state index in [0.29, 0.717) is 28.6 Å². The van der Waals surface area contributed by atoms with Crippen LogP contribution in [0.3, 0.4) is 0 Å². The molecule has 0 fully saturated rings. The minimum absolute atomic E-state index is 0.133. The van der Waals surface area contributed by atoms with Crippen LogP contribution in [0.4, 0.5) is 0 Å². The summed E-state index contributed by atoms with van der Waals surface area (Å²) in [5.41, 5.74) is 2.20. The van der Waals surface area contributed by atoms with Gasteiger partial charge in [0.25, 0.3) is 5.91 Å². The zero-order valence-corrected chi connectivity index (χ0v) is 14.8. The molecule has 2 aromatic carbocycles. The van der Waals surface area contributed by atoms with Gasteiger partial charge in [0.1, 0.15) is 5.69 Å². The Labute approximate surface area is 152 Å². The summed E-state index contributed by atoms with van der Waals surface area (Å²) in [6.07, 6.45) is 0. The molecule has 3 rings (SSSR count). The van der Waals surface area contributed by atoms with Crippen LogP contribution in [-0.2, 0) is 6.54 Å². The Morgan fingerprint density at radius 3 is 2.65 bits per heavy atom. The molecule has 0 saturated carbocycles. The number of benzene rings is 2. The van der Waals surface area contributed by atoms with Gasteiger partial charge in [0.05, 0.1) is 12.1 Å². The van der Waals surface area contributed by atoms with Crippen LogP contribution in [0.25, 0.3) is 11.3 Å². The zero-order chi connectivity index (χ0) is 16.2. The molecule has 1 aromatic heterocycles. The Morgan fingerprint density at radius 1 is 1.17 bits per heavy atom. The van der Waals surface area contributed by atoms with Crippen molar-refractivity contribution in [3.05, 3.63) is 74.4 Å². The van der Waals surface area contributed by atoms with E-state index in [1.807, 2.05) is 30.3 Å². The fourth-order valence-electron chi connectivity index (χ4n) is 2.06. The highest BCUT2D eigenvalue weighted by Gasteiger charge is 2.11. The van der Waals surface area contributed by atoms with Crippen LogP contribution in [0.15, 0.2) is 59.1 Å². The van der Waals surface area contributed by atoms with Gasteiger partial charge in [0.15, 0.2) is 5.76 Å². The van der Waals surface area contributed by atoms with Crippen LogP contribution in [-0.4, -0.2) is 11.1 Å². The molecule has 0 spiro atoms. The molecule has 116 valence electrons. The topological polar surface area (TPSA) is 55.1 Å². The van der Waals surface area contributed by atoms with Crippen molar-refractivity contribution in [3.8, 4) is 11.3 Å². The first kappa shape index (κ1) is 16.0. The van der Waals surface area contributed by atoms with Crippen molar-refractivity contribution in [1.29, 1.82) is 0 Å². The highest BCUT2D eigenvalue weighted by atomic mass is 127. The second-order valence-corrected chi connectivity index (χ2v) is 6.45. The lowest BCUT2D eigenvalue weighted by Crippen LogP contribution is -2.23. The number of aromatic nitrogens is 1. The number of nitrogens with zero attached hydrogens (tertiary/aromatic N) is 1. The molecule has 23 heavy (non-hydrogen) atoms. The Morgan fingerprint density at radius 2 is 1.91 bits per heavy atom. The van der Waals surface area contributed by atoms with E-state index < -0.39 is 0 Å². The molecule has 4 nitrogen and oxygen atoms in total. The van der Waals surface area contributed by atoms with E-state index in [2.05, 4.69) is 33.1 Å². The Hall–Kier alpha value is -1.86. The predicted molar refractivity (Wildman–Crippen MR) is 97.3 cm³/mol. The van der Waals surface area contributed by atoms with E-state index in [9.17, 15) is 4.79 Å². The molecular formula is C17H12ClIN2O2. The van der Waals surface area contributed by atoms with Crippen LogP contribution in [0.5, 0.6) is 0 Å². The van der Waals surface area contributed by atoms with Crippen molar-refractivity contribution in [3.63, 3.8) is 0 Å². The summed E-state index contributed by atoms with van der Waals surface area (Å²) >= 11 is 8.00. The summed E-state index contributed by atoms with van der Waals surface area (Å²) in [6, 6.07) is 16.5. The molecule has 0 aliphatic rings. The van der Waals surface area contributed by atoms with Gasteiger partial charge >= 0.3 is 0 Å². The lowest BCUT2D eigenvalue weighted by molar-refractivity contribution is 0.0949. The minimum atomic E-state index is -0.133. The molecule has 1 heterocycles. The van der Waals surface area contributed by atoms with E-state index in [1.165, 1.54) is 0 Å². The molecule has 3 aromatic rings. The molecule has 0 unspecified atom stereocenters. The van der Waals surface area contributed by atoms with Crippen LogP contribution in [0.2, 0.25) is 5.02 Å². The monoisotopic (exact) mass is 438 g/mol. The number of halogens is 2. The SMILES string of the molecule is O=C(NCc1cc(-c2ccc(Cl)cc2)on1)c1ccccc1I. The van der Waals surface area contributed by atoms with Crippen molar-refractivity contribution < 1.29 is 9.32 Å². The number of carbonyl (C=O) groups excluding carboxylic acids is 1. The quantitative estimate of drug-likeness (QED) is 0.609. The number of hydrogen-bond donors (Lipinski definition) is 1. The third-order valence-corrected chi connectivity index (χ3v) is 4.43. The van der Waals surface area contributed by atoms with Crippen LogP contribution >= 0.6 is 34.2 Å². The van der Waals surface area contributed by atoms with Gasteiger partial charge in [0.2, 0.25) is 0 Å². The average molecular weight is 439 g/mol. The van der Waals surface area contributed by atoms with Crippen LogP contribution in [0.1, 0.15) is 16.1 Å². The maximum absolute atomic E-state index is 12.2. The first-order valence-electron chi connectivity index (χ1n) is 6.88. The number of amides is 1. The second-order valence-electron chi connectivity index (χ2n) is 4.85. The van der Waals surface area contributed by atoms with Gasteiger partial charge in [-0.05, 0) is 59.0 Å². The van der Waals surface area contributed by atoms with Crippen molar-refractivity contribution >= 4 is 40.1 Å². The van der Waals surface area contributed by atoms with Crippen molar-refractivity contribution in [2.75, 3.05) is 0 Å². The normalized spacial score (nSPS) is 10.5. The van der Waals surface area contributed by atoms with Gasteiger partial charge < -0.3 is 9.84 Å². The maximum Gasteiger partial charge on any atom is 0.252 e. The standard InChI is InChI=1S/C17H12ClIN2O2/c18-12-7-5-11(6-8-12)16-9-13(21-23-16)10-20-17(22)14-3-1-2-4-15(14)19/h1-9H,10H2,(H,20,22). The van der Waals surface area contributed by atoms with Gasteiger partial charge in [-0.1, -0.05) is 28.9 Å². The summed E-state index contributed by atoms with van der Waals surface area (Å²) < 4.78 is 6.21. The summed E-state index contributed by atoms with van der Waals surface area (Å²) in [5.74, 6) is 0.506. The fraction of sp³-hybridized carbons (Fsp3) is 0.0588. The van der Waals surface area contributed by atoms with Gasteiger partial charge in [-0.15, -0.1) is 0 Å². The van der Waals surface area contributed by atoms with Gasteiger partial charge in [-0.2, -0.15) is 0 Å². The van der Waals surface area contributed by atoms with E-state index in [1.54, 1.807) is 24.3 Å². The van der Waals surface area contributed by atoms with Crippen molar-refractivity contribution in [2.45, 2.75) is 6.54 Å². The highest BCUT2D eigenvalue weighted by Crippen LogP contribution is 2.22. The number of hydrogen-bond acceptors (Lipinski definition) is 3. The van der Waals surface area contributed by atoms with E-state index in [-0.39, 0.29) is 5.91 Å². The average Bonchev–Trinajstić information content (AvgIpc) is 3.03. The Balaban J connectivity index is 1.67. The largest absolute Gasteiger partial charge is 0.356 e. The van der Waals surface area contributed by atoms with E-state index in [0.717, 1.165) is 9.13 Å². The third kappa shape index (κ3) is 3.92. The van der Waals surface area contributed by atoms with Crippen LogP contribution in [0, 0.1) is 3.57 Å². The number of rotatable bonds is 4. The molecular weight excluding hydrogens is 427 g/mol. The van der Waals surface area contributed by atoms with Crippen molar-refractivity contribution in [1.82, 2.24) is 10.5 Å². The molecule has 0 aliphatic carbocycles. The van der Waals surface area contributed by atoms with Gasteiger partial charge in [0, 0.05) is 20.2 Å². The lowest BCUT2D eigenvalue weighted by Gasteiger charge is -2.04. The van der Waals surface area contributed by atoms with Gasteiger partial charge in [-0.3, -0.25) is 4.79 Å².